The summed E-state index contributed by atoms with van der Waals surface area (Å²) in [5.41, 5.74) is 0. The highest BCUT2D eigenvalue weighted by molar-refractivity contribution is 6.35. The van der Waals surface area contributed by atoms with Gasteiger partial charge in [0.25, 0.3) is 0 Å². The molecule has 1 heterocycles. The fourth-order valence-electron chi connectivity index (χ4n) is 3.63. The lowest BCUT2D eigenvalue weighted by Crippen LogP contribution is -2.35. The molecule has 0 aliphatic carbocycles. The van der Waals surface area contributed by atoms with Crippen molar-refractivity contribution in [2.45, 2.75) is 69.9 Å². The van der Waals surface area contributed by atoms with E-state index in [1.807, 2.05) is 0 Å². The van der Waals surface area contributed by atoms with Gasteiger partial charge in [-0.15, -0.1) is 0 Å². The van der Waals surface area contributed by atoms with Crippen LogP contribution in [0.3, 0.4) is 0 Å². The highest BCUT2D eigenvalue weighted by Gasteiger charge is 2.33. The summed E-state index contributed by atoms with van der Waals surface area (Å²) in [6.45, 7) is 0.500. The van der Waals surface area contributed by atoms with Gasteiger partial charge in [-0.2, -0.15) is 5.06 Å². The zero-order valence-electron chi connectivity index (χ0n) is 16.4. The number of unbranched alkanes of at least 4 members (excludes halogenated alkanes) is 4. The second-order valence-corrected chi connectivity index (χ2v) is 8.24. The molecule has 1 fully saturated rings. The van der Waals surface area contributed by atoms with Gasteiger partial charge in [0.1, 0.15) is 5.75 Å². The lowest BCUT2D eigenvalue weighted by molar-refractivity contribution is -0.137. The second-order valence-electron chi connectivity index (χ2n) is 7.40. The van der Waals surface area contributed by atoms with E-state index < -0.39 is 5.97 Å². The number of halogens is 2. The zero-order chi connectivity index (χ0) is 21.2. The molecule has 2 rings (SSSR count). The van der Waals surface area contributed by atoms with E-state index in [1.165, 1.54) is 0 Å². The molecule has 0 bridgehead atoms. The highest BCUT2D eigenvalue weighted by atomic mass is 35.5. The Bertz CT molecular complexity index is 649. The molecule has 0 radical (unpaired) electrons. The standard InChI is InChI=1S/C20H29Cl2N2O5/c21-15-10-11-19(16(22)13-15)29-12-6-5-8-18-17(23(27)14-24(18)28)7-3-1-2-4-9-20(25)26/h10-11,13,17-18,28H,1-9,12,14H2,(H,25,26)/q-1. The minimum Gasteiger partial charge on any atom is -0.784 e. The number of hydroxylamine groups is 4. The molecule has 2 unspecified atom stereocenters. The normalized spacial score (nSPS) is 20.3. The Kier molecular flexibility index (Phi) is 10.5. The van der Waals surface area contributed by atoms with Gasteiger partial charge in [0, 0.05) is 17.5 Å². The van der Waals surface area contributed by atoms with Crippen molar-refractivity contribution in [3.63, 3.8) is 0 Å². The molecule has 1 aliphatic heterocycles. The van der Waals surface area contributed by atoms with Gasteiger partial charge >= 0.3 is 5.97 Å². The molecule has 164 valence electrons. The van der Waals surface area contributed by atoms with Crippen LogP contribution in [0.25, 0.3) is 0 Å². The molecule has 1 saturated heterocycles. The molecule has 9 heteroatoms. The first-order valence-corrected chi connectivity index (χ1v) is 10.8. The molecule has 0 spiro atoms. The minimum atomic E-state index is -0.773. The SMILES string of the molecule is O=C(O)CCCCCCC1C(CCCCOc2ccc(Cl)cc2Cl)N(O)CN1[O-]. The summed E-state index contributed by atoms with van der Waals surface area (Å²) in [7, 11) is 0. The van der Waals surface area contributed by atoms with Crippen molar-refractivity contribution < 1.29 is 19.8 Å². The summed E-state index contributed by atoms with van der Waals surface area (Å²) in [5.74, 6) is -0.183. The molecule has 1 aromatic rings. The van der Waals surface area contributed by atoms with Crippen LogP contribution in [0, 0.1) is 5.21 Å². The van der Waals surface area contributed by atoms with Crippen molar-refractivity contribution in [2.75, 3.05) is 13.3 Å². The van der Waals surface area contributed by atoms with Gasteiger partial charge in [0.15, 0.2) is 0 Å². The fourth-order valence-corrected chi connectivity index (χ4v) is 4.10. The lowest BCUT2D eigenvalue weighted by atomic mass is 9.97. The monoisotopic (exact) mass is 447 g/mol. The number of hydrogen-bond acceptors (Lipinski definition) is 6. The van der Waals surface area contributed by atoms with Crippen molar-refractivity contribution in [3.8, 4) is 5.75 Å². The number of ether oxygens (including phenoxy) is 1. The van der Waals surface area contributed by atoms with E-state index in [4.69, 9.17) is 33.0 Å². The van der Waals surface area contributed by atoms with Crippen LogP contribution in [0.4, 0.5) is 0 Å². The van der Waals surface area contributed by atoms with Crippen LogP contribution in [-0.4, -0.2) is 51.8 Å². The predicted octanol–water partition coefficient (Wildman–Crippen LogP) is 5.17. The van der Waals surface area contributed by atoms with Crippen LogP contribution < -0.4 is 4.74 Å². The maximum absolute atomic E-state index is 12.1. The predicted molar refractivity (Wildman–Crippen MR) is 112 cm³/mol. The van der Waals surface area contributed by atoms with Crippen molar-refractivity contribution in [1.82, 2.24) is 10.1 Å². The fraction of sp³-hybridized carbons (Fsp3) is 0.650. The molecule has 0 saturated carbocycles. The van der Waals surface area contributed by atoms with Gasteiger partial charge in [-0.3, -0.25) is 4.79 Å². The number of nitrogens with zero attached hydrogens (tertiary/aromatic N) is 2. The van der Waals surface area contributed by atoms with Crippen LogP contribution >= 0.6 is 23.2 Å². The van der Waals surface area contributed by atoms with Gasteiger partial charge in [-0.1, -0.05) is 42.5 Å². The van der Waals surface area contributed by atoms with E-state index >= 15 is 0 Å². The molecule has 2 N–H and O–H groups in total. The minimum absolute atomic E-state index is 0.00519. The molecule has 29 heavy (non-hydrogen) atoms. The first-order valence-electron chi connectivity index (χ1n) is 10.1. The quantitative estimate of drug-likeness (QED) is 0.402. The molecule has 0 amide bonds. The largest absolute Gasteiger partial charge is 0.784 e. The molecule has 1 aliphatic rings. The number of carboxylic acids is 1. The Balaban J connectivity index is 1.66. The second kappa shape index (κ2) is 12.6. The summed E-state index contributed by atoms with van der Waals surface area (Å²) in [5, 5.41) is 34.0. The molecule has 0 aromatic heterocycles. The van der Waals surface area contributed by atoms with E-state index in [9.17, 15) is 15.2 Å². The maximum Gasteiger partial charge on any atom is 0.303 e. The van der Waals surface area contributed by atoms with Crippen LogP contribution in [-0.2, 0) is 4.79 Å². The van der Waals surface area contributed by atoms with Gasteiger partial charge in [-0.05, 0) is 50.3 Å². The van der Waals surface area contributed by atoms with E-state index in [-0.39, 0.29) is 25.2 Å². The van der Waals surface area contributed by atoms with E-state index in [0.29, 0.717) is 41.7 Å². The van der Waals surface area contributed by atoms with E-state index in [2.05, 4.69) is 0 Å². The van der Waals surface area contributed by atoms with Crippen LogP contribution in [0.15, 0.2) is 18.2 Å². The molecule has 2 atom stereocenters. The number of rotatable bonds is 13. The van der Waals surface area contributed by atoms with Crippen LogP contribution in [0.1, 0.15) is 57.8 Å². The number of hydrogen-bond donors (Lipinski definition) is 2. The number of carboxylic acid groups (broad SMARTS) is 1. The smallest absolute Gasteiger partial charge is 0.303 e. The maximum atomic E-state index is 12.1. The average Bonchev–Trinajstić information content (AvgIpc) is 2.92. The zero-order valence-corrected chi connectivity index (χ0v) is 17.9. The number of carbonyl (C=O) groups is 1. The number of benzene rings is 1. The summed E-state index contributed by atoms with van der Waals surface area (Å²) in [6.07, 6.45) is 6.44. The van der Waals surface area contributed by atoms with Crippen molar-refractivity contribution in [1.29, 1.82) is 0 Å². The van der Waals surface area contributed by atoms with E-state index in [0.717, 1.165) is 42.2 Å². The Morgan fingerprint density at radius 1 is 1.10 bits per heavy atom. The summed E-state index contributed by atoms with van der Waals surface area (Å²) < 4.78 is 5.67. The van der Waals surface area contributed by atoms with Gasteiger partial charge in [0.05, 0.1) is 24.3 Å². The Labute approximate surface area is 181 Å². The Morgan fingerprint density at radius 3 is 2.52 bits per heavy atom. The number of aliphatic carboxylic acids is 1. The Hall–Kier alpha value is -1.09. The third kappa shape index (κ3) is 8.28. The third-order valence-electron chi connectivity index (χ3n) is 5.17. The van der Waals surface area contributed by atoms with Crippen LogP contribution in [0.5, 0.6) is 5.75 Å². The van der Waals surface area contributed by atoms with Crippen LogP contribution in [0.2, 0.25) is 10.0 Å². The topological polar surface area (TPSA) is 96.3 Å². The summed E-state index contributed by atoms with van der Waals surface area (Å²) >= 11 is 11.9. The Morgan fingerprint density at radius 2 is 1.79 bits per heavy atom. The first kappa shape index (κ1) is 24.2. The summed E-state index contributed by atoms with van der Waals surface area (Å²) in [6, 6.07) is 4.67. The molecule has 7 nitrogen and oxygen atoms in total. The molecule has 1 aromatic carbocycles. The molecular weight excluding hydrogens is 419 g/mol. The van der Waals surface area contributed by atoms with Crippen molar-refractivity contribution >= 4 is 29.2 Å². The van der Waals surface area contributed by atoms with Gasteiger partial charge in [-0.25, -0.2) is 0 Å². The summed E-state index contributed by atoms with van der Waals surface area (Å²) in [4.78, 5) is 10.5. The first-order chi connectivity index (χ1) is 13.9. The van der Waals surface area contributed by atoms with Gasteiger partial charge < -0.3 is 25.3 Å². The third-order valence-corrected chi connectivity index (χ3v) is 5.70. The molecular formula is C20H29Cl2N2O5-. The lowest BCUT2D eigenvalue weighted by Gasteiger charge is -2.31. The van der Waals surface area contributed by atoms with E-state index in [1.54, 1.807) is 18.2 Å². The average molecular weight is 448 g/mol. The van der Waals surface area contributed by atoms with Crippen molar-refractivity contribution in [3.05, 3.63) is 33.5 Å². The highest BCUT2D eigenvalue weighted by Crippen LogP contribution is 2.29. The van der Waals surface area contributed by atoms with Crippen molar-refractivity contribution in [2.24, 2.45) is 0 Å². The van der Waals surface area contributed by atoms with Gasteiger partial charge in [0.2, 0.25) is 0 Å².